The molecular weight excluding hydrogens is 288 g/mol. The smallest absolute Gasteiger partial charge is 0.224 e. The lowest BCUT2D eigenvalue weighted by molar-refractivity contribution is -0.130. The van der Waals surface area contributed by atoms with Gasteiger partial charge in [-0.1, -0.05) is 30.3 Å². The van der Waals surface area contributed by atoms with Crippen LogP contribution < -0.4 is 10.6 Å². The minimum atomic E-state index is 0.138. The molecule has 1 fully saturated rings. The third-order valence-corrected chi connectivity index (χ3v) is 3.87. The van der Waals surface area contributed by atoms with Gasteiger partial charge in [0.15, 0.2) is 5.96 Å². The SMILES string of the molecule is CCNC(=NCC1CC1)NCCC(=O)N(C)Cc1ccccc1. The molecule has 0 heterocycles. The van der Waals surface area contributed by atoms with E-state index in [1.54, 1.807) is 4.90 Å². The van der Waals surface area contributed by atoms with Crippen molar-refractivity contribution in [2.24, 2.45) is 10.9 Å². The zero-order valence-electron chi connectivity index (χ0n) is 14.2. The van der Waals surface area contributed by atoms with Gasteiger partial charge in [-0.2, -0.15) is 0 Å². The van der Waals surface area contributed by atoms with Gasteiger partial charge in [0, 0.05) is 39.6 Å². The molecule has 2 rings (SSSR count). The predicted molar refractivity (Wildman–Crippen MR) is 94.2 cm³/mol. The molecule has 0 radical (unpaired) electrons. The summed E-state index contributed by atoms with van der Waals surface area (Å²) in [6, 6.07) is 10.0. The molecule has 0 bridgehead atoms. The highest BCUT2D eigenvalue weighted by atomic mass is 16.2. The van der Waals surface area contributed by atoms with Gasteiger partial charge in [-0.25, -0.2) is 0 Å². The molecule has 5 heteroatoms. The van der Waals surface area contributed by atoms with Gasteiger partial charge in [-0.3, -0.25) is 9.79 Å². The molecule has 126 valence electrons. The minimum Gasteiger partial charge on any atom is -0.357 e. The summed E-state index contributed by atoms with van der Waals surface area (Å²) in [6.45, 7) is 5.02. The van der Waals surface area contributed by atoms with Gasteiger partial charge >= 0.3 is 0 Å². The number of nitrogens with zero attached hydrogens (tertiary/aromatic N) is 2. The molecular formula is C18H28N4O. The predicted octanol–water partition coefficient (Wildman–Crippen LogP) is 2.00. The van der Waals surface area contributed by atoms with Crippen molar-refractivity contribution in [2.75, 3.05) is 26.7 Å². The van der Waals surface area contributed by atoms with Crippen LogP contribution in [-0.2, 0) is 11.3 Å². The van der Waals surface area contributed by atoms with Gasteiger partial charge in [0.05, 0.1) is 0 Å². The molecule has 1 amide bonds. The van der Waals surface area contributed by atoms with Gasteiger partial charge < -0.3 is 15.5 Å². The Kier molecular flexibility index (Phi) is 6.91. The molecule has 1 aromatic rings. The average Bonchev–Trinajstić information content (AvgIpc) is 3.37. The first-order valence-electron chi connectivity index (χ1n) is 8.49. The van der Waals surface area contributed by atoms with Crippen LogP contribution in [0.5, 0.6) is 0 Å². The van der Waals surface area contributed by atoms with Gasteiger partial charge in [-0.05, 0) is 31.2 Å². The van der Waals surface area contributed by atoms with Gasteiger partial charge in [0.1, 0.15) is 0 Å². The molecule has 0 saturated heterocycles. The highest BCUT2D eigenvalue weighted by Gasteiger charge is 2.20. The average molecular weight is 316 g/mol. The second-order valence-corrected chi connectivity index (χ2v) is 6.08. The van der Waals surface area contributed by atoms with E-state index < -0.39 is 0 Å². The third kappa shape index (κ3) is 6.72. The van der Waals surface area contributed by atoms with Crippen molar-refractivity contribution in [3.05, 3.63) is 35.9 Å². The maximum absolute atomic E-state index is 12.2. The van der Waals surface area contributed by atoms with Crippen molar-refractivity contribution in [1.82, 2.24) is 15.5 Å². The number of aliphatic imine (C=N–C) groups is 1. The standard InChI is InChI=1S/C18H28N4O/c1-3-19-18(21-13-15-9-10-15)20-12-11-17(23)22(2)14-16-7-5-4-6-8-16/h4-8,15H,3,9-14H2,1-2H3,(H2,19,20,21). The Balaban J connectivity index is 1.70. The van der Waals surface area contributed by atoms with E-state index in [0.29, 0.717) is 19.5 Å². The lowest BCUT2D eigenvalue weighted by Crippen LogP contribution is -2.39. The van der Waals surface area contributed by atoms with Gasteiger partial charge in [-0.15, -0.1) is 0 Å². The molecule has 1 saturated carbocycles. The fourth-order valence-corrected chi connectivity index (χ4v) is 2.29. The lowest BCUT2D eigenvalue weighted by atomic mass is 10.2. The summed E-state index contributed by atoms with van der Waals surface area (Å²) in [6.07, 6.45) is 3.06. The summed E-state index contributed by atoms with van der Waals surface area (Å²) < 4.78 is 0. The van der Waals surface area contributed by atoms with E-state index in [1.807, 2.05) is 44.3 Å². The second kappa shape index (κ2) is 9.18. The molecule has 23 heavy (non-hydrogen) atoms. The number of benzene rings is 1. The van der Waals surface area contributed by atoms with Crippen LogP contribution in [0.3, 0.4) is 0 Å². The van der Waals surface area contributed by atoms with E-state index in [1.165, 1.54) is 12.8 Å². The number of hydrogen-bond donors (Lipinski definition) is 2. The maximum atomic E-state index is 12.2. The van der Waals surface area contributed by atoms with Crippen LogP contribution in [0.1, 0.15) is 31.7 Å². The van der Waals surface area contributed by atoms with Crippen molar-refractivity contribution >= 4 is 11.9 Å². The van der Waals surface area contributed by atoms with Crippen molar-refractivity contribution in [1.29, 1.82) is 0 Å². The molecule has 1 aliphatic carbocycles. The molecule has 0 unspecified atom stereocenters. The zero-order chi connectivity index (χ0) is 16.5. The molecule has 5 nitrogen and oxygen atoms in total. The summed E-state index contributed by atoms with van der Waals surface area (Å²) in [5, 5.41) is 6.47. The number of guanidine groups is 1. The van der Waals surface area contributed by atoms with E-state index in [0.717, 1.165) is 30.5 Å². The Morgan fingerprint density at radius 2 is 2.00 bits per heavy atom. The van der Waals surface area contributed by atoms with Crippen LogP contribution in [0, 0.1) is 5.92 Å². The van der Waals surface area contributed by atoms with E-state index >= 15 is 0 Å². The van der Waals surface area contributed by atoms with Crippen LogP contribution in [0.25, 0.3) is 0 Å². The monoisotopic (exact) mass is 316 g/mol. The lowest BCUT2D eigenvalue weighted by Gasteiger charge is -2.18. The number of nitrogens with one attached hydrogen (secondary N) is 2. The van der Waals surface area contributed by atoms with Crippen molar-refractivity contribution < 1.29 is 4.79 Å². The van der Waals surface area contributed by atoms with E-state index in [-0.39, 0.29) is 5.91 Å². The largest absolute Gasteiger partial charge is 0.357 e. The summed E-state index contributed by atoms with van der Waals surface area (Å²) in [5.74, 6) is 1.72. The van der Waals surface area contributed by atoms with Crippen LogP contribution in [0.15, 0.2) is 35.3 Å². The van der Waals surface area contributed by atoms with E-state index in [4.69, 9.17) is 0 Å². The summed E-state index contributed by atoms with van der Waals surface area (Å²) in [7, 11) is 1.85. The van der Waals surface area contributed by atoms with Gasteiger partial charge in [0.25, 0.3) is 0 Å². The molecule has 0 aromatic heterocycles. The molecule has 0 spiro atoms. The topological polar surface area (TPSA) is 56.7 Å². The molecule has 1 aliphatic rings. The summed E-state index contributed by atoms with van der Waals surface area (Å²) in [4.78, 5) is 18.5. The number of carbonyl (C=O) groups is 1. The number of rotatable bonds is 8. The Labute approximate surface area is 139 Å². The van der Waals surface area contributed by atoms with Crippen LogP contribution in [0.2, 0.25) is 0 Å². The molecule has 0 atom stereocenters. The minimum absolute atomic E-state index is 0.138. The quantitative estimate of drug-likeness (QED) is 0.570. The first-order chi connectivity index (χ1) is 11.2. The second-order valence-electron chi connectivity index (χ2n) is 6.08. The van der Waals surface area contributed by atoms with Crippen LogP contribution in [-0.4, -0.2) is 43.4 Å². The van der Waals surface area contributed by atoms with E-state index in [9.17, 15) is 4.79 Å². The van der Waals surface area contributed by atoms with Crippen LogP contribution in [0.4, 0.5) is 0 Å². The Morgan fingerprint density at radius 3 is 2.65 bits per heavy atom. The fraction of sp³-hybridized carbons (Fsp3) is 0.556. The maximum Gasteiger partial charge on any atom is 0.224 e. The van der Waals surface area contributed by atoms with Crippen molar-refractivity contribution in [3.8, 4) is 0 Å². The first-order valence-corrected chi connectivity index (χ1v) is 8.49. The Morgan fingerprint density at radius 1 is 1.26 bits per heavy atom. The highest BCUT2D eigenvalue weighted by molar-refractivity contribution is 5.81. The first kappa shape index (κ1) is 17.3. The third-order valence-electron chi connectivity index (χ3n) is 3.87. The molecule has 0 aliphatic heterocycles. The highest BCUT2D eigenvalue weighted by Crippen LogP contribution is 2.28. The number of amides is 1. The number of carbonyl (C=O) groups excluding carboxylic acids is 1. The normalized spacial score (nSPS) is 14.4. The Bertz CT molecular complexity index is 511. The fourth-order valence-electron chi connectivity index (χ4n) is 2.29. The zero-order valence-corrected chi connectivity index (χ0v) is 14.2. The van der Waals surface area contributed by atoms with E-state index in [2.05, 4.69) is 15.6 Å². The summed E-state index contributed by atoms with van der Waals surface area (Å²) >= 11 is 0. The Hall–Kier alpha value is -2.04. The van der Waals surface area contributed by atoms with Crippen molar-refractivity contribution in [3.63, 3.8) is 0 Å². The number of hydrogen-bond acceptors (Lipinski definition) is 2. The van der Waals surface area contributed by atoms with Gasteiger partial charge in [0.2, 0.25) is 5.91 Å². The van der Waals surface area contributed by atoms with Crippen molar-refractivity contribution in [2.45, 2.75) is 32.7 Å². The summed E-state index contributed by atoms with van der Waals surface area (Å²) in [5.41, 5.74) is 1.15. The molecule has 1 aromatic carbocycles. The molecule has 2 N–H and O–H groups in total. The van der Waals surface area contributed by atoms with Crippen LogP contribution >= 0.6 is 0 Å².